The molecule has 0 saturated carbocycles. The summed E-state index contributed by atoms with van der Waals surface area (Å²) in [4.78, 5) is 0. The van der Waals surface area contributed by atoms with Crippen molar-refractivity contribution in [1.82, 2.24) is 5.43 Å². The first-order valence-electron chi connectivity index (χ1n) is 3.50. The lowest BCUT2D eigenvalue weighted by Crippen LogP contribution is -2.47. The van der Waals surface area contributed by atoms with E-state index in [1.165, 1.54) is 0 Å². The van der Waals surface area contributed by atoms with E-state index in [1.54, 1.807) is 0 Å². The summed E-state index contributed by atoms with van der Waals surface area (Å²) in [5.74, 6) is 5.09. The van der Waals surface area contributed by atoms with E-state index < -0.39 is 5.60 Å². The second kappa shape index (κ2) is 3.30. The van der Waals surface area contributed by atoms with E-state index in [2.05, 4.69) is 5.43 Å². The third-order valence-electron chi connectivity index (χ3n) is 1.85. The van der Waals surface area contributed by atoms with Gasteiger partial charge >= 0.3 is 0 Å². The average molecular weight is 146 g/mol. The molecule has 0 aliphatic carbocycles. The van der Waals surface area contributed by atoms with E-state index >= 15 is 0 Å². The van der Waals surface area contributed by atoms with E-state index in [0.29, 0.717) is 32.6 Å². The van der Waals surface area contributed by atoms with Crippen LogP contribution in [0.25, 0.3) is 0 Å². The van der Waals surface area contributed by atoms with Gasteiger partial charge in [-0.3, -0.25) is 11.3 Å². The minimum atomic E-state index is -0.632. The second-order valence-electron chi connectivity index (χ2n) is 2.72. The summed E-state index contributed by atoms with van der Waals surface area (Å²) in [6.45, 7) is 1.73. The molecule has 1 aliphatic heterocycles. The molecule has 4 heteroatoms. The number of hydrogen-bond donors (Lipinski definition) is 3. The van der Waals surface area contributed by atoms with Gasteiger partial charge in [0.15, 0.2) is 0 Å². The zero-order chi connectivity index (χ0) is 7.45. The lowest BCUT2D eigenvalue weighted by Gasteiger charge is -2.31. The SMILES string of the molecule is NNCC1(O)CCOCC1. The highest BCUT2D eigenvalue weighted by molar-refractivity contribution is 4.82. The van der Waals surface area contributed by atoms with Crippen LogP contribution >= 0.6 is 0 Å². The Morgan fingerprint density at radius 3 is 2.60 bits per heavy atom. The van der Waals surface area contributed by atoms with Crippen LogP contribution in [0.15, 0.2) is 0 Å². The van der Waals surface area contributed by atoms with Crippen LogP contribution < -0.4 is 11.3 Å². The maximum Gasteiger partial charge on any atom is 0.0829 e. The first-order chi connectivity index (χ1) is 4.77. The predicted octanol–water partition coefficient (Wildman–Crippen LogP) is -1.01. The van der Waals surface area contributed by atoms with E-state index in [-0.39, 0.29) is 0 Å². The fourth-order valence-electron chi connectivity index (χ4n) is 1.12. The van der Waals surface area contributed by atoms with Crippen molar-refractivity contribution in [2.24, 2.45) is 5.84 Å². The van der Waals surface area contributed by atoms with Crippen molar-refractivity contribution in [3.63, 3.8) is 0 Å². The lowest BCUT2D eigenvalue weighted by atomic mass is 9.95. The van der Waals surface area contributed by atoms with Crippen molar-refractivity contribution >= 4 is 0 Å². The number of hydrazine groups is 1. The van der Waals surface area contributed by atoms with Gasteiger partial charge in [-0.05, 0) is 0 Å². The highest BCUT2D eigenvalue weighted by Gasteiger charge is 2.28. The van der Waals surface area contributed by atoms with Crippen LogP contribution in [0.1, 0.15) is 12.8 Å². The van der Waals surface area contributed by atoms with E-state index in [0.717, 1.165) is 0 Å². The topological polar surface area (TPSA) is 67.5 Å². The van der Waals surface area contributed by atoms with Gasteiger partial charge in [-0.25, -0.2) is 0 Å². The van der Waals surface area contributed by atoms with Crippen molar-refractivity contribution in [3.8, 4) is 0 Å². The van der Waals surface area contributed by atoms with Crippen molar-refractivity contribution in [3.05, 3.63) is 0 Å². The highest BCUT2D eigenvalue weighted by atomic mass is 16.5. The number of rotatable bonds is 2. The quantitative estimate of drug-likeness (QED) is 0.345. The smallest absolute Gasteiger partial charge is 0.0829 e. The zero-order valence-corrected chi connectivity index (χ0v) is 5.97. The van der Waals surface area contributed by atoms with Crippen LogP contribution in [-0.2, 0) is 4.74 Å². The van der Waals surface area contributed by atoms with Crippen molar-refractivity contribution in [1.29, 1.82) is 0 Å². The molecule has 0 radical (unpaired) electrons. The maximum atomic E-state index is 9.65. The summed E-state index contributed by atoms with van der Waals surface area (Å²) < 4.78 is 5.08. The number of nitrogens with one attached hydrogen (secondary N) is 1. The molecule has 0 atom stereocenters. The van der Waals surface area contributed by atoms with Gasteiger partial charge in [-0.15, -0.1) is 0 Å². The van der Waals surface area contributed by atoms with Gasteiger partial charge in [-0.2, -0.15) is 0 Å². The Morgan fingerprint density at radius 2 is 2.10 bits per heavy atom. The molecule has 4 N–H and O–H groups in total. The van der Waals surface area contributed by atoms with Gasteiger partial charge < -0.3 is 9.84 Å². The third-order valence-corrected chi connectivity index (χ3v) is 1.85. The molecule has 1 saturated heterocycles. The summed E-state index contributed by atoms with van der Waals surface area (Å²) in [5.41, 5.74) is 1.84. The Balaban J connectivity index is 2.32. The maximum absolute atomic E-state index is 9.65. The van der Waals surface area contributed by atoms with E-state index in [9.17, 15) is 5.11 Å². The van der Waals surface area contributed by atoms with Gasteiger partial charge in [0.2, 0.25) is 0 Å². The summed E-state index contributed by atoms with van der Waals surface area (Å²) in [6, 6.07) is 0. The standard InChI is InChI=1S/C6H14N2O2/c7-8-5-6(9)1-3-10-4-2-6/h8-9H,1-5,7H2. The summed E-state index contributed by atoms with van der Waals surface area (Å²) in [6.07, 6.45) is 1.36. The number of hydrogen-bond acceptors (Lipinski definition) is 4. The van der Waals surface area contributed by atoms with Crippen LogP contribution in [0.2, 0.25) is 0 Å². The summed E-state index contributed by atoms with van der Waals surface area (Å²) in [7, 11) is 0. The molecule has 0 unspecified atom stereocenters. The average Bonchev–Trinajstić information content (AvgIpc) is 1.89. The molecular formula is C6H14N2O2. The van der Waals surface area contributed by atoms with Gasteiger partial charge in [0.05, 0.1) is 5.60 Å². The zero-order valence-electron chi connectivity index (χ0n) is 5.97. The fourth-order valence-corrected chi connectivity index (χ4v) is 1.12. The minimum Gasteiger partial charge on any atom is -0.388 e. The normalized spacial score (nSPS) is 24.6. The van der Waals surface area contributed by atoms with Crippen LogP contribution in [-0.4, -0.2) is 30.5 Å². The molecule has 10 heavy (non-hydrogen) atoms. The minimum absolute atomic E-state index is 0.455. The number of aliphatic hydroxyl groups is 1. The van der Waals surface area contributed by atoms with Gasteiger partial charge in [0.25, 0.3) is 0 Å². The van der Waals surface area contributed by atoms with Crippen LogP contribution in [0.4, 0.5) is 0 Å². The fraction of sp³-hybridized carbons (Fsp3) is 1.00. The van der Waals surface area contributed by atoms with Gasteiger partial charge in [-0.1, -0.05) is 0 Å². The molecule has 0 aromatic carbocycles. The third kappa shape index (κ3) is 1.91. The van der Waals surface area contributed by atoms with Crippen LogP contribution in [0.3, 0.4) is 0 Å². The molecule has 0 aromatic rings. The summed E-state index contributed by atoms with van der Waals surface area (Å²) in [5, 5.41) is 9.65. The molecule has 0 aromatic heterocycles. The Labute approximate surface area is 60.3 Å². The number of ether oxygens (including phenoxy) is 1. The second-order valence-corrected chi connectivity index (χ2v) is 2.72. The molecule has 1 heterocycles. The molecule has 0 spiro atoms. The Kier molecular flexibility index (Phi) is 2.62. The molecule has 4 nitrogen and oxygen atoms in total. The van der Waals surface area contributed by atoms with Crippen molar-refractivity contribution < 1.29 is 9.84 Å². The van der Waals surface area contributed by atoms with Gasteiger partial charge in [0, 0.05) is 32.6 Å². The summed E-state index contributed by atoms with van der Waals surface area (Å²) >= 11 is 0. The monoisotopic (exact) mass is 146 g/mol. The Bertz CT molecular complexity index is 96.4. The molecule has 1 fully saturated rings. The first-order valence-corrected chi connectivity index (χ1v) is 3.50. The molecule has 0 amide bonds. The number of nitrogens with two attached hydrogens (primary N) is 1. The van der Waals surface area contributed by atoms with Crippen LogP contribution in [0, 0.1) is 0 Å². The lowest BCUT2D eigenvalue weighted by molar-refractivity contribution is -0.0614. The largest absolute Gasteiger partial charge is 0.388 e. The molecule has 0 bridgehead atoms. The van der Waals surface area contributed by atoms with Gasteiger partial charge in [0.1, 0.15) is 0 Å². The van der Waals surface area contributed by atoms with E-state index in [1.807, 2.05) is 0 Å². The predicted molar refractivity (Wildman–Crippen MR) is 37.2 cm³/mol. The Hall–Kier alpha value is -0.160. The molecular weight excluding hydrogens is 132 g/mol. The molecule has 1 rings (SSSR count). The van der Waals surface area contributed by atoms with Crippen molar-refractivity contribution in [2.75, 3.05) is 19.8 Å². The highest BCUT2D eigenvalue weighted by Crippen LogP contribution is 2.18. The molecule has 60 valence electrons. The first kappa shape index (κ1) is 7.94. The van der Waals surface area contributed by atoms with Crippen LogP contribution in [0.5, 0.6) is 0 Å². The van der Waals surface area contributed by atoms with Crippen molar-refractivity contribution in [2.45, 2.75) is 18.4 Å². The van der Waals surface area contributed by atoms with E-state index in [4.69, 9.17) is 10.6 Å². The Morgan fingerprint density at radius 1 is 1.50 bits per heavy atom. The molecule has 1 aliphatic rings.